The van der Waals surface area contributed by atoms with E-state index in [0.29, 0.717) is 13.0 Å². The Bertz CT molecular complexity index is 571. The minimum absolute atomic E-state index is 0.541. The van der Waals surface area contributed by atoms with Gasteiger partial charge in [-0.2, -0.15) is 0 Å². The Hall–Kier alpha value is -2.55. The van der Waals surface area contributed by atoms with Gasteiger partial charge in [-0.25, -0.2) is 4.79 Å². The van der Waals surface area contributed by atoms with Crippen molar-refractivity contribution in [2.24, 2.45) is 0 Å². The minimum Gasteiger partial charge on any atom is -0.489 e. The molecule has 2 aromatic carbocycles. The van der Waals surface area contributed by atoms with Crippen LogP contribution in [0.25, 0.3) is 0 Å². The van der Waals surface area contributed by atoms with Crippen LogP contribution in [0.4, 0.5) is 0 Å². The Morgan fingerprint density at radius 2 is 1.70 bits per heavy atom. The number of aliphatic carboxylic acids is 1. The predicted octanol–water partition coefficient (Wildman–Crippen LogP) is 3.45. The molecule has 0 aromatic heterocycles. The fourth-order valence-electron chi connectivity index (χ4n) is 1.76. The van der Waals surface area contributed by atoms with Gasteiger partial charge in [-0.15, -0.1) is 0 Å². The number of carbonyl (C=O) groups is 1. The number of hydrogen-bond acceptors (Lipinski definition) is 2. The molecule has 3 heteroatoms. The average molecular weight is 268 g/mol. The summed E-state index contributed by atoms with van der Waals surface area (Å²) in [5.74, 6) is -0.118. The molecule has 0 amide bonds. The smallest absolute Gasteiger partial charge is 0.327 e. The molecule has 0 unspecified atom stereocenters. The normalized spacial score (nSPS) is 10.6. The quantitative estimate of drug-likeness (QED) is 0.816. The van der Waals surface area contributed by atoms with Crippen molar-refractivity contribution in [2.75, 3.05) is 0 Å². The second-order valence-corrected chi connectivity index (χ2v) is 4.36. The number of rotatable bonds is 6. The number of allylic oxidation sites excluding steroid dienone is 1. The Balaban J connectivity index is 1.87. The van der Waals surface area contributed by atoms with Gasteiger partial charge in [-0.05, 0) is 29.7 Å². The average Bonchev–Trinajstić information content (AvgIpc) is 2.47. The molecule has 2 aromatic rings. The zero-order valence-electron chi connectivity index (χ0n) is 11.0. The van der Waals surface area contributed by atoms with E-state index in [-0.39, 0.29) is 0 Å². The van der Waals surface area contributed by atoms with E-state index >= 15 is 0 Å². The van der Waals surface area contributed by atoms with Gasteiger partial charge in [0.15, 0.2) is 0 Å². The third-order valence-electron chi connectivity index (χ3n) is 2.79. The van der Waals surface area contributed by atoms with Gasteiger partial charge in [0.2, 0.25) is 0 Å². The summed E-state index contributed by atoms with van der Waals surface area (Å²) < 4.78 is 5.68. The van der Waals surface area contributed by atoms with Gasteiger partial charge >= 0.3 is 5.97 Å². The number of benzene rings is 2. The first kappa shape index (κ1) is 13.9. The number of ether oxygens (including phenoxy) is 1. The fourth-order valence-corrected chi connectivity index (χ4v) is 1.76. The van der Waals surface area contributed by atoms with E-state index < -0.39 is 5.97 Å². The highest BCUT2D eigenvalue weighted by Crippen LogP contribution is 2.14. The van der Waals surface area contributed by atoms with Crippen LogP contribution in [-0.4, -0.2) is 11.1 Å². The van der Waals surface area contributed by atoms with Crippen LogP contribution < -0.4 is 4.74 Å². The topological polar surface area (TPSA) is 46.5 Å². The second-order valence-electron chi connectivity index (χ2n) is 4.36. The lowest BCUT2D eigenvalue weighted by Gasteiger charge is -2.06. The van der Waals surface area contributed by atoms with Crippen molar-refractivity contribution >= 4 is 5.97 Å². The summed E-state index contributed by atoms with van der Waals surface area (Å²) >= 11 is 0. The summed E-state index contributed by atoms with van der Waals surface area (Å²) in [6.07, 6.45) is 3.38. The monoisotopic (exact) mass is 268 g/mol. The molecule has 2 rings (SSSR count). The van der Waals surface area contributed by atoms with E-state index in [0.717, 1.165) is 23.0 Å². The van der Waals surface area contributed by atoms with Crippen LogP contribution in [0.5, 0.6) is 5.75 Å². The second kappa shape index (κ2) is 7.14. The largest absolute Gasteiger partial charge is 0.489 e. The highest BCUT2D eigenvalue weighted by Gasteiger charge is 1.96. The summed E-state index contributed by atoms with van der Waals surface area (Å²) in [5.41, 5.74) is 2.18. The SMILES string of the molecule is O=C(O)/C=C/Cc1ccc(OCc2ccccc2)cc1. The summed E-state index contributed by atoms with van der Waals surface area (Å²) in [6, 6.07) is 17.6. The Labute approximate surface area is 118 Å². The van der Waals surface area contributed by atoms with E-state index in [1.165, 1.54) is 0 Å². The van der Waals surface area contributed by atoms with Gasteiger partial charge in [0, 0.05) is 6.08 Å². The summed E-state index contributed by atoms with van der Waals surface area (Å²) in [4.78, 5) is 10.4. The maximum Gasteiger partial charge on any atom is 0.327 e. The molecule has 0 aliphatic heterocycles. The molecule has 0 aliphatic carbocycles. The summed E-state index contributed by atoms with van der Waals surface area (Å²) in [7, 11) is 0. The molecule has 20 heavy (non-hydrogen) atoms. The summed E-state index contributed by atoms with van der Waals surface area (Å²) in [6.45, 7) is 0.541. The van der Waals surface area contributed by atoms with Crippen molar-refractivity contribution in [3.05, 3.63) is 77.9 Å². The van der Waals surface area contributed by atoms with Crippen molar-refractivity contribution in [1.29, 1.82) is 0 Å². The van der Waals surface area contributed by atoms with E-state index in [4.69, 9.17) is 9.84 Å². The molecular formula is C17H16O3. The first-order valence-corrected chi connectivity index (χ1v) is 6.39. The third-order valence-corrected chi connectivity index (χ3v) is 2.79. The van der Waals surface area contributed by atoms with Gasteiger partial charge in [-0.1, -0.05) is 48.5 Å². The molecule has 0 heterocycles. The highest BCUT2D eigenvalue weighted by atomic mass is 16.5. The van der Waals surface area contributed by atoms with E-state index in [2.05, 4.69) is 0 Å². The molecule has 0 fully saturated rings. The molecule has 0 saturated carbocycles. The maximum absolute atomic E-state index is 10.4. The van der Waals surface area contributed by atoms with Crippen molar-refractivity contribution in [2.45, 2.75) is 13.0 Å². The molecule has 1 N–H and O–H groups in total. The predicted molar refractivity (Wildman–Crippen MR) is 77.7 cm³/mol. The number of hydrogen-bond donors (Lipinski definition) is 1. The van der Waals surface area contributed by atoms with Crippen LogP contribution in [-0.2, 0) is 17.8 Å². The highest BCUT2D eigenvalue weighted by molar-refractivity contribution is 5.79. The van der Waals surface area contributed by atoms with Gasteiger partial charge in [0.25, 0.3) is 0 Å². The lowest BCUT2D eigenvalue weighted by atomic mass is 10.1. The van der Waals surface area contributed by atoms with Gasteiger partial charge in [0.1, 0.15) is 12.4 Å². The van der Waals surface area contributed by atoms with Crippen molar-refractivity contribution < 1.29 is 14.6 Å². The lowest BCUT2D eigenvalue weighted by molar-refractivity contribution is -0.131. The van der Waals surface area contributed by atoms with Gasteiger partial charge < -0.3 is 9.84 Å². The maximum atomic E-state index is 10.4. The molecule has 0 spiro atoms. The van der Waals surface area contributed by atoms with Crippen LogP contribution in [0.3, 0.4) is 0 Å². The molecule has 0 saturated heterocycles. The number of carboxylic acids is 1. The number of carboxylic acid groups (broad SMARTS) is 1. The Morgan fingerprint density at radius 3 is 2.35 bits per heavy atom. The Kier molecular flexibility index (Phi) is 4.95. The zero-order chi connectivity index (χ0) is 14.2. The van der Waals surface area contributed by atoms with Crippen LogP contribution in [0.2, 0.25) is 0 Å². The molecule has 0 aliphatic rings. The fraction of sp³-hybridized carbons (Fsp3) is 0.118. The van der Waals surface area contributed by atoms with Crippen molar-refractivity contribution in [1.82, 2.24) is 0 Å². The minimum atomic E-state index is -0.923. The van der Waals surface area contributed by atoms with Gasteiger partial charge in [-0.3, -0.25) is 0 Å². The zero-order valence-corrected chi connectivity index (χ0v) is 11.0. The van der Waals surface area contributed by atoms with Crippen molar-refractivity contribution in [3.8, 4) is 5.75 Å². The molecule has 102 valence electrons. The van der Waals surface area contributed by atoms with E-state index in [1.54, 1.807) is 6.08 Å². The first-order chi connectivity index (χ1) is 9.74. The molecule has 0 atom stereocenters. The first-order valence-electron chi connectivity index (χ1n) is 6.39. The van der Waals surface area contributed by atoms with Crippen LogP contribution in [0.1, 0.15) is 11.1 Å². The van der Waals surface area contributed by atoms with Crippen LogP contribution in [0.15, 0.2) is 66.7 Å². The van der Waals surface area contributed by atoms with Gasteiger partial charge in [0.05, 0.1) is 0 Å². The Morgan fingerprint density at radius 1 is 1.00 bits per heavy atom. The molecule has 0 bridgehead atoms. The third kappa shape index (κ3) is 4.61. The van der Waals surface area contributed by atoms with Crippen molar-refractivity contribution in [3.63, 3.8) is 0 Å². The molecule has 0 radical (unpaired) electrons. The van der Waals surface area contributed by atoms with E-state index in [9.17, 15) is 4.79 Å². The standard InChI is InChI=1S/C17H16O3/c18-17(19)8-4-7-14-9-11-16(12-10-14)20-13-15-5-2-1-3-6-15/h1-6,8-12H,7,13H2,(H,18,19)/b8-4+. The molecule has 3 nitrogen and oxygen atoms in total. The summed E-state index contributed by atoms with van der Waals surface area (Å²) in [5, 5.41) is 8.51. The van der Waals surface area contributed by atoms with Crippen LogP contribution >= 0.6 is 0 Å². The molecular weight excluding hydrogens is 252 g/mol. The van der Waals surface area contributed by atoms with E-state index in [1.807, 2.05) is 54.6 Å². The lowest BCUT2D eigenvalue weighted by Crippen LogP contribution is -1.95. The van der Waals surface area contributed by atoms with Crippen LogP contribution in [0, 0.1) is 0 Å².